The number of nitrogens with zero attached hydrogens (tertiary/aromatic N) is 2. The average Bonchev–Trinajstić information content (AvgIpc) is 2.84. The molecule has 0 aliphatic carbocycles. The first kappa shape index (κ1) is 9.97. The molecule has 0 saturated heterocycles. The molecule has 1 aliphatic heterocycles. The van der Waals surface area contributed by atoms with Gasteiger partial charge in [0.25, 0.3) is 0 Å². The van der Waals surface area contributed by atoms with E-state index in [-0.39, 0.29) is 6.17 Å². The van der Waals surface area contributed by atoms with Gasteiger partial charge in [0.1, 0.15) is 12.0 Å². The zero-order chi connectivity index (χ0) is 10.5. The van der Waals surface area contributed by atoms with E-state index in [1.807, 2.05) is 6.20 Å². The Balaban J connectivity index is 1.61. The molecule has 1 atom stereocenters. The molecule has 5 N–H and O–H groups in total. The Morgan fingerprint density at radius 2 is 2.53 bits per heavy atom. The predicted octanol–water partition coefficient (Wildman–Crippen LogP) is -0.824. The van der Waals surface area contributed by atoms with Crippen LogP contribution in [0.2, 0.25) is 0 Å². The Bertz CT molecular complexity index is 317. The van der Waals surface area contributed by atoms with Gasteiger partial charge < -0.3 is 21.4 Å². The molecular formula is C9H16N6. The summed E-state index contributed by atoms with van der Waals surface area (Å²) < 4.78 is 0. The quantitative estimate of drug-likeness (QED) is 0.486. The Kier molecular flexibility index (Phi) is 3.18. The minimum atomic E-state index is -0.0995. The summed E-state index contributed by atoms with van der Waals surface area (Å²) in [5.74, 6) is 1.83. The number of hydrogen-bond acceptors (Lipinski definition) is 5. The van der Waals surface area contributed by atoms with Crippen LogP contribution in [-0.2, 0) is 6.42 Å². The normalized spacial score (nSPS) is 19.8. The van der Waals surface area contributed by atoms with Crippen molar-refractivity contribution in [3.63, 3.8) is 0 Å². The fraction of sp³-hybridized carbons (Fsp3) is 0.556. The van der Waals surface area contributed by atoms with Crippen LogP contribution >= 0.6 is 0 Å². The number of nitrogens with one attached hydrogen (secondary N) is 3. The summed E-state index contributed by atoms with van der Waals surface area (Å²) in [6, 6.07) is 0. The second kappa shape index (κ2) is 4.79. The van der Waals surface area contributed by atoms with E-state index in [0.29, 0.717) is 0 Å². The first-order valence-electron chi connectivity index (χ1n) is 5.14. The van der Waals surface area contributed by atoms with Crippen molar-refractivity contribution in [2.45, 2.75) is 19.0 Å². The van der Waals surface area contributed by atoms with Crippen molar-refractivity contribution in [3.8, 4) is 0 Å². The SMILES string of the molecule is NC1CNC(NCCCc2ncc[nH]2)=N1. The van der Waals surface area contributed by atoms with Gasteiger partial charge >= 0.3 is 0 Å². The molecule has 1 unspecified atom stereocenters. The highest BCUT2D eigenvalue weighted by Crippen LogP contribution is 1.94. The molecule has 1 aliphatic rings. The topological polar surface area (TPSA) is 91.1 Å². The number of aliphatic imine (C=N–C) groups is 1. The molecule has 1 aromatic rings. The molecule has 0 fully saturated rings. The molecule has 0 radical (unpaired) electrons. The first-order valence-corrected chi connectivity index (χ1v) is 5.14. The Morgan fingerprint density at radius 3 is 3.20 bits per heavy atom. The summed E-state index contributed by atoms with van der Waals surface area (Å²) in [4.78, 5) is 11.4. The zero-order valence-electron chi connectivity index (χ0n) is 8.53. The third kappa shape index (κ3) is 2.95. The van der Waals surface area contributed by atoms with E-state index in [0.717, 1.165) is 37.7 Å². The number of aromatic amines is 1. The van der Waals surface area contributed by atoms with E-state index >= 15 is 0 Å². The summed E-state index contributed by atoms with van der Waals surface area (Å²) in [6.45, 7) is 1.60. The monoisotopic (exact) mass is 208 g/mol. The van der Waals surface area contributed by atoms with Crippen molar-refractivity contribution < 1.29 is 0 Å². The van der Waals surface area contributed by atoms with Crippen LogP contribution in [0.1, 0.15) is 12.2 Å². The summed E-state index contributed by atoms with van der Waals surface area (Å²) >= 11 is 0. The molecule has 15 heavy (non-hydrogen) atoms. The second-order valence-corrected chi connectivity index (χ2v) is 3.49. The average molecular weight is 208 g/mol. The second-order valence-electron chi connectivity index (χ2n) is 3.49. The Hall–Kier alpha value is -1.56. The molecule has 0 aromatic carbocycles. The smallest absolute Gasteiger partial charge is 0.193 e. The van der Waals surface area contributed by atoms with E-state index in [1.54, 1.807) is 6.20 Å². The van der Waals surface area contributed by atoms with Crippen LogP contribution in [0.5, 0.6) is 0 Å². The van der Waals surface area contributed by atoms with Crippen LogP contribution in [0, 0.1) is 0 Å². The summed E-state index contributed by atoms with van der Waals surface area (Å²) in [5, 5.41) is 6.28. The summed E-state index contributed by atoms with van der Waals surface area (Å²) in [5.41, 5.74) is 5.60. The molecule has 0 amide bonds. The van der Waals surface area contributed by atoms with Crippen LogP contribution in [0.4, 0.5) is 0 Å². The van der Waals surface area contributed by atoms with Crippen molar-refractivity contribution in [1.82, 2.24) is 20.6 Å². The maximum atomic E-state index is 5.60. The fourth-order valence-electron chi connectivity index (χ4n) is 1.46. The lowest BCUT2D eigenvalue weighted by Crippen LogP contribution is -2.35. The molecule has 6 nitrogen and oxygen atoms in total. The lowest BCUT2D eigenvalue weighted by Gasteiger charge is -2.04. The lowest BCUT2D eigenvalue weighted by atomic mass is 10.3. The molecule has 0 bridgehead atoms. The van der Waals surface area contributed by atoms with Crippen LogP contribution in [-0.4, -0.2) is 35.2 Å². The van der Waals surface area contributed by atoms with Gasteiger partial charge in [0.15, 0.2) is 5.96 Å². The minimum absolute atomic E-state index is 0.0995. The Labute approximate surface area is 88.4 Å². The number of guanidine groups is 1. The van der Waals surface area contributed by atoms with E-state index in [1.165, 1.54) is 0 Å². The van der Waals surface area contributed by atoms with Crippen molar-refractivity contribution in [3.05, 3.63) is 18.2 Å². The third-order valence-corrected chi connectivity index (χ3v) is 2.21. The van der Waals surface area contributed by atoms with Gasteiger partial charge in [-0.1, -0.05) is 0 Å². The Morgan fingerprint density at radius 1 is 1.60 bits per heavy atom. The molecule has 82 valence electrons. The number of imidazole rings is 1. The number of rotatable bonds is 4. The molecule has 6 heteroatoms. The predicted molar refractivity (Wildman–Crippen MR) is 58.3 cm³/mol. The van der Waals surface area contributed by atoms with Gasteiger partial charge in [0.2, 0.25) is 0 Å². The molecule has 2 heterocycles. The third-order valence-electron chi connectivity index (χ3n) is 2.21. The van der Waals surface area contributed by atoms with Gasteiger partial charge in [-0.3, -0.25) is 0 Å². The molecule has 1 aromatic heterocycles. The molecular weight excluding hydrogens is 192 g/mol. The molecule has 2 rings (SSSR count). The van der Waals surface area contributed by atoms with Crippen molar-refractivity contribution >= 4 is 5.96 Å². The van der Waals surface area contributed by atoms with Crippen LogP contribution in [0.15, 0.2) is 17.4 Å². The molecule has 0 spiro atoms. The van der Waals surface area contributed by atoms with Crippen molar-refractivity contribution in [2.24, 2.45) is 10.7 Å². The highest BCUT2D eigenvalue weighted by molar-refractivity contribution is 5.81. The lowest BCUT2D eigenvalue weighted by molar-refractivity contribution is 0.726. The number of nitrogens with two attached hydrogens (primary N) is 1. The van der Waals surface area contributed by atoms with Crippen LogP contribution < -0.4 is 16.4 Å². The van der Waals surface area contributed by atoms with Gasteiger partial charge in [-0.25, -0.2) is 9.98 Å². The standard InChI is InChI=1S/C9H16N6/c10-7-6-14-9(15-7)13-3-1-2-8-11-4-5-12-8/h4-5,7H,1-3,6,10H2,(H,11,12)(H2,13,14,15). The summed E-state index contributed by atoms with van der Waals surface area (Å²) in [6.07, 6.45) is 5.47. The maximum Gasteiger partial charge on any atom is 0.193 e. The van der Waals surface area contributed by atoms with Gasteiger partial charge in [0.05, 0.1) is 6.54 Å². The number of H-pyrrole nitrogens is 1. The molecule has 0 saturated carbocycles. The summed E-state index contributed by atoms with van der Waals surface area (Å²) in [7, 11) is 0. The number of aromatic nitrogens is 2. The van der Waals surface area contributed by atoms with Crippen LogP contribution in [0.25, 0.3) is 0 Å². The number of hydrogen-bond donors (Lipinski definition) is 4. The highest BCUT2D eigenvalue weighted by atomic mass is 15.3. The fourth-order valence-corrected chi connectivity index (χ4v) is 1.46. The van der Waals surface area contributed by atoms with Gasteiger partial charge in [0, 0.05) is 25.4 Å². The highest BCUT2D eigenvalue weighted by Gasteiger charge is 2.10. The minimum Gasteiger partial charge on any atom is -0.356 e. The van der Waals surface area contributed by atoms with E-state index in [2.05, 4.69) is 25.6 Å². The first-order chi connectivity index (χ1) is 7.34. The van der Waals surface area contributed by atoms with Crippen molar-refractivity contribution in [2.75, 3.05) is 13.1 Å². The van der Waals surface area contributed by atoms with Gasteiger partial charge in [-0.2, -0.15) is 0 Å². The van der Waals surface area contributed by atoms with Gasteiger partial charge in [-0.05, 0) is 6.42 Å². The van der Waals surface area contributed by atoms with Crippen molar-refractivity contribution in [1.29, 1.82) is 0 Å². The van der Waals surface area contributed by atoms with Gasteiger partial charge in [-0.15, -0.1) is 0 Å². The largest absolute Gasteiger partial charge is 0.356 e. The zero-order valence-corrected chi connectivity index (χ0v) is 8.53. The van der Waals surface area contributed by atoms with E-state index < -0.39 is 0 Å². The van der Waals surface area contributed by atoms with Crippen LogP contribution in [0.3, 0.4) is 0 Å². The number of aryl methyl sites for hydroxylation is 1. The van der Waals surface area contributed by atoms with E-state index in [9.17, 15) is 0 Å². The maximum absolute atomic E-state index is 5.60. The van der Waals surface area contributed by atoms with E-state index in [4.69, 9.17) is 5.73 Å².